The average Bonchev–Trinajstić information content (AvgIpc) is 2.39. The van der Waals surface area contributed by atoms with E-state index in [-0.39, 0.29) is 5.56 Å². The molecule has 0 bridgehead atoms. The zero-order chi connectivity index (χ0) is 13.8. The fourth-order valence-corrected chi connectivity index (χ4v) is 1.67. The zero-order valence-electron chi connectivity index (χ0n) is 9.70. The number of anilines is 1. The van der Waals surface area contributed by atoms with E-state index in [1.54, 1.807) is 6.07 Å². The van der Waals surface area contributed by atoms with E-state index in [1.165, 1.54) is 30.3 Å². The van der Waals surface area contributed by atoms with Gasteiger partial charge in [-0.3, -0.25) is 0 Å². The molecule has 1 unspecified atom stereocenters. The van der Waals surface area contributed by atoms with E-state index in [1.807, 2.05) is 0 Å². The molecule has 0 aromatic heterocycles. The Kier molecular flexibility index (Phi) is 3.71. The second kappa shape index (κ2) is 5.44. The van der Waals surface area contributed by atoms with Gasteiger partial charge in [-0.05, 0) is 36.4 Å². The molecule has 2 rings (SSSR count). The van der Waals surface area contributed by atoms with Gasteiger partial charge in [0.25, 0.3) is 0 Å². The van der Waals surface area contributed by atoms with Crippen molar-refractivity contribution in [2.24, 2.45) is 0 Å². The van der Waals surface area contributed by atoms with Gasteiger partial charge in [-0.15, -0.1) is 0 Å². The van der Waals surface area contributed by atoms with E-state index < -0.39 is 23.5 Å². The molecule has 2 aromatic rings. The molecule has 19 heavy (non-hydrogen) atoms. The monoisotopic (exact) mass is 262 g/mol. The molecule has 0 aliphatic carbocycles. The minimum absolute atomic E-state index is 0.352. The van der Waals surface area contributed by atoms with E-state index in [0.717, 1.165) is 12.1 Å². The number of benzene rings is 2. The SMILES string of the molecule is N#CC(Nc1ccc(F)cc1)c1c(F)cccc1F. The molecule has 2 nitrogen and oxygen atoms in total. The normalized spacial score (nSPS) is 11.7. The van der Waals surface area contributed by atoms with Gasteiger partial charge < -0.3 is 5.32 Å². The highest BCUT2D eigenvalue weighted by molar-refractivity contribution is 5.47. The summed E-state index contributed by atoms with van der Waals surface area (Å²) >= 11 is 0. The van der Waals surface area contributed by atoms with Crippen LogP contribution < -0.4 is 5.32 Å². The molecule has 96 valence electrons. The molecule has 0 saturated heterocycles. The third kappa shape index (κ3) is 2.86. The molecule has 0 aliphatic heterocycles. The van der Waals surface area contributed by atoms with Crippen molar-refractivity contribution in [2.45, 2.75) is 6.04 Å². The van der Waals surface area contributed by atoms with Crippen molar-refractivity contribution in [3.8, 4) is 6.07 Å². The third-order valence-electron chi connectivity index (χ3n) is 2.57. The first-order valence-corrected chi connectivity index (χ1v) is 5.47. The van der Waals surface area contributed by atoms with Crippen LogP contribution in [-0.4, -0.2) is 0 Å². The highest BCUT2D eigenvalue weighted by Crippen LogP contribution is 2.24. The van der Waals surface area contributed by atoms with Gasteiger partial charge in [-0.2, -0.15) is 5.26 Å². The lowest BCUT2D eigenvalue weighted by molar-refractivity contribution is 0.552. The lowest BCUT2D eigenvalue weighted by atomic mass is 10.1. The Hall–Kier alpha value is -2.48. The van der Waals surface area contributed by atoms with Gasteiger partial charge in [-0.25, -0.2) is 13.2 Å². The largest absolute Gasteiger partial charge is 0.366 e. The van der Waals surface area contributed by atoms with Crippen molar-refractivity contribution < 1.29 is 13.2 Å². The van der Waals surface area contributed by atoms with Gasteiger partial charge in [0.1, 0.15) is 23.5 Å². The van der Waals surface area contributed by atoms with Crippen molar-refractivity contribution in [3.63, 3.8) is 0 Å². The van der Waals surface area contributed by atoms with Gasteiger partial charge in [0.15, 0.2) is 0 Å². The molecule has 5 heteroatoms. The van der Waals surface area contributed by atoms with Crippen molar-refractivity contribution in [2.75, 3.05) is 5.32 Å². The van der Waals surface area contributed by atoms with Crippen molar-refractivity contribution >= 4 is 5.69 Å². The highest BCUT2D eigenvalue weighted by atomic mass is 19.1. The smallest absolute Gasteiger partial charge is 0.145 e. The quantitative estimate of drug-likeness (QED) is 0.913. The first-order valence-electron chi connectivity index (χ1n) is 5.47. The Morgan fingerprint density at radius 3 is 2.05 bits per heavy atom. The fraction of sp³-hybridized carbons (Fsp3) is 0.0714. The molecule has 0 heterocycles. The summed E-state index contributed by atoms with van der Waals surface area (Å²) in [6.07, 6.45) is 0. The van der Waals surface area contributed by atoms with Crippen molar-refractivity contribution in [3.05, 3.63) is 65.5 Å². The van der Waals surface area contributed by atoms with Crippen LogP contribution in [0, 0.1) is 28.8 Å². The van der Waals surface area contributed by atoms with Gasteiger partial charge in [0.05, 0.1) is 11.6 Å². The maximum Gasteiger partial charge on any atom is 0.145 e. The maximum atomic E-state index is 13.6. The molecule has 1 atom stereocenters. The van der Waals surface area contributed by atoms with E-state index in [9.17, 15) is 13.2 Å². The summed E-state index contributed by atoms with van der Waals surface area (Å²) < 4.78 is 39.9. The van der Waals surface area contributed by atoms with Crippen molar-refractivity contribution in [1.82, 2.24) is 0 Å². The molecule has 0 radical (unpaired) electrons. The summed E-state index contributed by atoms with van der Waals surface area (Å²) in [5, 5.41) is 11.7. The van der Waals surface area contributed by atoms with Crippen LogP contribution in [0.15, 0.2) is 42.5 Å². The zero-order valence-corrected chi connectivity index (χ0v) is 9.70. The van der Waals surface area contributed by atoms with Gasteiger partial charge in [0.2, 0.25) is 0 Å². The summed E-state index contributed by atoms with van der Waals surface area (Å²) in [7, 11) is 0. The van der Waals surface area contributed by atoms with E-state index in [4.69, 9.17) is 5.26 Å². The van der Waals surface area contributed by atoms with Crippen LogP contribution in [0.5, 0.6) is 0 Å². The van der Waals surface area contributed by atoms with E-state index in [0.29, 0.717) is 5.69 Å². The minimum Gasteiger partial charge on any atom is -0.366 e. The van der Waals surface area contributed by atoms with Crippen LogP contribution in [0.1, 0.15) is 11.6 Å². The topological polar surface area (TPSA) is 35.8 Å². The van der Waals surface area contributed by atoms with Gasteiger partial charge in [0, 0.05) is 5.69 Å². The van der Waals surface area contributed by atoms with Crippen molar-refractivity contribution in [1.29, 1.82) is 5.26 Å². The number of nitriles is 1. The van der Waals surface area contributed by atoms with Crippen LogP contribution in [0.2, 0.25) is 0 Å². The number of rotatable bonds is 3. The van der Waals surface area contributed by atoms with Crippen LogP contribution >= 0.6 is 0 Å². The number of halogens is 3. The maximum absolute atomic E-state index is 13.6. The summed E-state index contributed by atoms with van der Waals surface area (Å²) in [6.45, 7) is 0. The Morgan fingerprint density at radius 1 is 0.947 bits per heavy atom. The Labute approximate surface area is 108 Å². The second-order valence-electron chi connectivity index (χ2n) is 3.85. The first-order chi connectivity index (χ1) is 9.11. The third-order valence-corrected chi connectivity index (χ3v) is 2.57. The summed E-state index contributed by atoms with van der Waals surface area (Å²) in [4.78, 5) is 0. The summed E-state index contributed by atoms with van der Waals surface area (Å²) in [5.41, 5.74) is 0.0462. The summed E-state index contributed by atoms with van der Waals surface area (Å²) in [5.74, 6) is -2.04. The molecular formula is C14H9F3N2. The molecule has 0 amide bonds. The standard InChI is InChI=1S/C14H9F3N2/c15-9-4-6-10(7-5-9)19-13(8-18)14-11(16)2-1-3-12(14)17/h1-7,13,19H. The Morgan fingerprint density at radius 2 is 1.53 bits per heavy atom. The van der Waals surface area contributed by atoms with Gasteiger partial charge in [-0.1, -0.05) is 6.07 Å². The average molecular weight is 262 g/mol. The number of nitrogens with zero attached hydrogens (tertiary/aromatic N) is 1. The van der Waals surface area contributed by atoms with Crippen LogP contribution in [-0.2, 0) is 0 Å². The van der Waals surface area contributed by atoms with Crippen LogP contribution in [0.25, 0.3) is 0 Å². The van der Waals surface area contributed by atoms with E-state index in [2.05, 4.69) is 5.32 Å². The van der Waals surface area contributed by atoms with E-state index >= 15 is 0 Å². The highest BCUT2D eigenvalue weighted by Gasteiger charge is 2.19. The predicted molar refractivity (Wildman–Crippen MR) is 64.7 cm³/mol. The minimum atomic E-state index is -1.19. The van der Waals surface area contributed by atoms with Crippen LogP contribution in [0.3, 0.4) is 0 Å². The molecule has 0 fully saturated rings. The Balaban J connectivity index is 2.31. The molecular weight excluding hydrogens is 253 g/mol. The Bertz CT molecular complexity index is 597. The predicted octanol–water partition coefficient (Wildman–Crippen LogP) is 3.78. The number of hydrogen-bond acceptors (Lipinski definition) is 2. The summed E-state index contributed by atoms with van der Waals surface area (Å²) in [6, 6.07) is 9.12. The second-order valence-corrected chi connectivity index (χ2v) is 3.85. The first kappa shape index (κ1) is 13.0. The van der Waals surface area contributed by atoms with Gasteiger partial charge >= 0.3 is 0 Å². The fourth-order valence-electron chi connectivity index (χ4n) is 1.67. The molecule has 0 saturated carbocycles. The molecule has 1 N–H and O–H groups in total. The molecule has 0 aliphatic rings. The van der Waals surface area contributed by atoms with Crippen LogP contribution in [0.4, 0.5) is 18.9 Å². The number of hydrogen-bond donors (Lipinski definition) is 1. The molecule has 0 spiro atoms. The lowest BCUT2D eigenvalue weighted by Crippen LogP contribution is -2.12. The molecule has 2 aromatic carbocycles. The number of nitrogens with one attached hydrogen (secondary N) is 1. The lowest BCUT2D eigenvalue weighted by Gasteiger charge is -2.14.